The van der Waals surface area contributed by atoms with E-state index in [9.17, 15) is 9.90 Å². The van der Waals surface area contributed by atoms with Crippen LogP contribution < -0.4 is 0 Å². The molecule has 0 bridgehead atoms. The SMILES string of the molecule is C=CCOCC(O)C(S)C(=O)c1ccccc1. The first-order valence-corrected chi connectivity index (χ1v) is 5.82. The Hall–Kier alpha value is -1.10. The maximum Gasteiger partial charge on any atom is 0.178 e. The molecular formula is C13H16O3S. The molecule has 0 aliphatic carbocycles. The largest absolute Gasteiger partial charge is 0.389 e. The van der Waals surface area contributed by atoms with Crippen molar-refractivity contribution in [3.8, 4) is 0 Å². The molecule has 1 rings (SSSR count). The van der Waals surface area contributed by atoms with Crippen LogP contribution in [0.4, 0.5) is 0 Å². The van der Waals surface area contributed by atoms with Gasteiger partial charge in [-0.25, -0.2) is 0 Å². The van der Waals surface area contributed by atoms with Gasteiger partial charge in [-0.2, -0.15) is 12.6 Å². The second-order valence-electron chi connectivity index (χ2n) is 3.57. The van der Waals surface area contributed by atoms with E-state index in [1.807, 2.05) is 6.07 Å². The summed E-state index contributed by atoms with van der Waals surface area (Å²) in [7, 11) is 0. The van der Waals surface area contributed by atoms with Gasteiger partial charge < -0.3 is 9.84 Å². The van der Waals surface area contributed by atoms with Crippen molar-refractivity contribution in [3.63, 3.8) is 0 Å². The lowest BCUT2D eigenvalue weighted by Crippen LogP contribution is -2.33. The van der Waals surface area contributed by atoms with Gasteiger partial charge in [-0.1, -0.05) is 36.4 Å². The van der Waals surface area contributed by atoms with Crippen LogP contribution in [-0.4, -0.2) is 35.5 Å². The number of hydrogen-bond acceptors (Lipinski definition) is 4. The molecule has 0 amide bonds. The van der Waals surface area contributed by atoms with Crippen molar-refractivity contribution >= 4 is 18.4 Å². The van der Waals surface area contributed by atoms with Crippen molar-refractivity contribution in [2.75, 3.05) is 13.2 Å². The molecule has 0 fully saturated rings. The van der Waals surface area contributed by atoms with Gasteiger partial charge in [0, 0.05) is 5.56 Å². The highest BCUT2D eigenvalue weighted by Crippen LogP contribution is 2.12. The van der Waals surface area contributed by atoms with Crippen LogP contribution in [-0.2, 0) is 4.74 Å². The maximum atomic E-state index is 11.9. The van der Waals surface area contributed by atoms with Crippen molar-refractivity contribution in [3.05, 3.63) is 48.6 Å². The van der Waals surface area contributed by atoms with E-state index in [1.54, 1.807) is 30.3 Å². The van der Waals surface area contributed by atoms with Gasteiger partial charge in [0.1, 0.15) is 0 Å². The Balaban J connectivity index is 2.54. The fraction of sp³-hybridized carbons (Fsp3) is 0.308. The number of thiol groups is 1. The van der Waals surface area contributed by atoms with Gasteiger partial charge in [0.25, 0.3) is 0 Å². The van der Waals surface area contributed by atoms with E-state index in [1.165, 1.54) is 0 Å². The molecule has 0 saturated heterocycles. The van der Waals surface area contributed by atoms with Gasteiger partial charge in [0.15, 0.2) is 5.78 Å². The molecule has 0 aromatic heterocycles. The second-order valence-corrected chi connectivity index (χ2v) is 4.12. The number of rotatable bonds is 7. The molecule has 0 saturated carbocycles. The first-order valence-electron chi connectivity index (χ1n) is 5.31. The van der Waals surface area contributed by atoms with Crippen LogP contribution in [0.25, 0.3) is 0 Å². The standard InChI is InChI=1S/C13H16O3S/c1-2-8-16-9-11(14)13(17)12(15)10-6-4-3-5-7-10/h2-7,11,13-14,17H,1,8-9H2. The maximum absolute atomic E-state index is 11.9. The van der Waals surface area contributed by atoms with Crippen LogP contribution in [0.1, 0.15) is 10.4 Å². The molecule has 17 heavy (non-hydrogen) atoms. The Morgan fingerprint density at radius 3 is 2.71 bits per heavy atom. The molecule has 3 nitrogen and oxygen atoms in total. The highest BCUT2D eigenvalue weighted by atomic mass is 32.1. The molecule has 0 aliphatic heterocycles. The van der Waals surface area contributed by atoms with E-state index >= 15 is 0 Å². The zero-order valence-corrected chi connectivity index (χ0v) is 10.3. The summed E-state index contributed by atoms with van der Waals surface area (Å²) in [4.78, 5) is 11.9. The lowest BCUT2D eigenvalue weighted by molar-refractivity contribution is 0.0455. The molecule has 4 heteroatoms. The number of Topliss-reactive ketones (excluding diaryl/α,β-unsaturated/α-hetero) is 1. The molecule has 2 unspecified atom stereocenters. The van der Waals surface area contributed by atoms with E-state index < -0.39 is 11.4 Å². The van der Waals surface area contributed by atoms with Crippen molar-refractivity contribution in [2.45, 2.75) is 11.4 Å². The lowest BCUT2D eigenvalue weighted by atomic mass is 10.1. The molecule has 0 heterocycles. The summed E-state index contributed by atoms with van der Waals surface area (Å²) in [6, 6.07) is 8.77. The number of hydrogen-bond donors (Lipinski definition) is 2. The van der Waals surface area contributed by atoms with Gasteiger partial charge >= 0.3 is 0 Å². The highest BCUT2D eigenvalue weighted by molar-refractivity contribution is 7.82. The number of carbonyl (C=O) groups is 1. The van der Waals surface area contributed by atoms with Crippen molar-refractivity contribution in [1.29, 1.82) is 0 Å². The zero-order valence-electron chi connectivity index (χ0n) is 9.45. The first kappa shape index (κ1) is 14.0. The number of aliphatic hydroxyl groups excluding tert-OH is 1. The summed E-state index contributed by atoms with van der Waals surface area (Å²) < 4.78 is 5.08. The molecule has 1 aromatic rings. The lowest BCUT2D eigenvalue weighted by Gasteiger charge is -2.16. The zero-order chi connectivity index (χ0) is 12.7. The molecule has 2 atom stereocenters. The molecule has 0 aliphatic rings. The highest BCUT2D eigenvalue weighted by Gasteiger charge is 2.23. The molecule has 0 radical (unpaired) electrons. The molecule has 1 aromatic carbocycles. The summed E-state index contributed by atoms with van der Waals surface area (Å²) in [6.07, 6.45) is 0.658. The minimum Gasteiger partial charge on any atom is -0.389 e. The van der Waals surface area contributed by atoms with E-state index in [0.717, 1.165) is 0 Å². The average Bonchev–Trinajstić information content (AvgIpc) is 2.38. The number of benzene rings is 1. The Kier molecular flexibility index (Phi) is 5.97. The minimum absolute atomic E-state index is 0.0682. The van der Waals surface area contributed by atoms with Crippen LogP contribution in [0.3, 0.4) is 0 Å². The van der Waals surface area contributed by atoms with Gasteiger partial charge in [-0.05, 0) is 0 Å². The summed E-state index contributed by atoms with van der Waals surface area (Å²) in [6.45, 7) is 3.90. The topological polar surface area (TPSA) is 46.5 Å². The monoisotopic (exact) mass is 252 g/mol. The summed E-state index contributed by atoms with van der Waals surface area (Å²) in [5.41, 5.74) is 0.537. The third-order valence-corrected chi connectivity index (χ3v) is 2.79. The minimum atomic E-state index is -0.925. The van der Waals surface area contributed by atoms with E-state index in [-0.39, 0.29) is 12.4 Å². The molecule has 92 valence electrons. The van der Waals surface area contributed by atoms with Crippen molar-refractivity contribution in [2.24, 2.45) is 0 Å². The molecule has 1 N–H and O–H groups in total. The molecule has 0 spiro atoms. The molecular weight excluding hydrogens is 236 g/mol. The number of ketones is 1. The fourth-order valence-electron chi connectivity index (χ4n) is 1.31. The Morgan fingerprint density at radius 1 is 1.47 bits per heavy atom. The van der Waals surface area contributed by atoms with Crippen LogP contribution in [0, 0.1) is 0 Å². The van der Waals surface area contributed by atoms with Crippen molar-refractivity contribution < 1.29 is 14.6 Å². The fourth-order valence-corrected chi connectivity index (χ4v) is 1.55. The van der Waals surface area contributed by atoms with E-state index in [0.29, 0.717) is 12.2 Å². The van der Waals surface area contributed by atoms with Gasteiger partial charge in [-0.3, -0.25) is 4.79 Å². The number of aliphatic hydroxyl groups is 1. The second kappa shape index (κ2) is 7.27. The number of ether oxygens (including phenoxy) is 1. The van der Waals surface area contributed by atoms with Crippen molar-refractivity contribution in [1.82, 2.24) is 0 Å². The number of carbonyl (C=O) groups excluding carboxylic acids is 1. The predicted molar refractivity (Wildman–Crippen MR) is 70.6 cm³/mol. The summed E-state index contributed by atoms with van der Waals surface area (Å²) in [5, 5.41) is 8.94. The third-order valence-electron chi connectivity index (χ3n) is 2.22. The van der Waals surface area contributed by atoms with Gasteiger partial charge in [-0.15, -0.1) is 6.58 Å². The van der Waals surface area contributed by atoms with Gasteiger partial charge in [0.05, 0.1) is 24.6 Å². The van der Waals surface area contributed by atoms with Gasteiger partial charge in [0.2, 0.25) is 0 Å². The Morgan fingerprint density at radius 2 is 2.12 bits per heavy atom. The Bertz CT molecular complexity index is 364. The van der Waals surface area contributed by atoms with Crippen LogP contribution in [0.5, 0.6) is 0 Å². The first-order chi connectivity index (χ1) is 8.16. The Labute approximate surface area is 107 Å². The summed E-state index contributed by atoms with van der Waals surface area (Å²) in [5.74, 6) is -0.205. The quantitative estimate of drug-likeness (QED) is 0.336. The van der Waals surface area contributed by atoms with E-state index in [2.05, 4.69) is 19.2 Å². The normalized spacial score (nSPS) is 14.0. The van der Waals surface area contributed by atoms with Crippen LogP contribution >= 0.6 is 12.6 Å². The van der Waals surface area contributed by atoms with Crippen LogP contribution in [0.15, 0.2) is 43.0 Å². The average molecular weight is 252 g/mol. The third kappa shape index (κ3) is 4.34. The predicted octanol–water partition coefficient (Wildman–Crippen LogP) is 1.73. The summed E-state index contributed by atoms with van der Waals surface area (Å²) >= 11 is 4.13. The van der Waals surface area contributed by atoms with Crippen LogP contribution in [0.2, 0.25) is 0 Å². The smallest absolute Gasteiger partial charge is 0.178 e. The van der Waals surface area contributed by atoms with E-state index in [4.69, 9.17) is 4.74 Å².